The van der Waals surface area contributed by atoms with Crippen molar-refractivity contribution in [3.63, 3.8) is 0 Å². The van der Waals surface area contributed by atoms with E-state index in [1.807, 2.05) is 49.5 Å². The van der Waals surface area contributed by atoms with Crippen LogP contribution in [0.4, 0.5) is 5.69 Å². The van der Waals surface area contributed by atoms with E-state index in [1.54, 1.807) is 17.1 Å². The minimum Gasteiger partial charge on any atom is -0.323 e. The third-order valence-electron chi connectivity index (χ3n) is 3.65. The fourth-order valence-corrected chi connectivity index (χ4v) is 2.46. The summed E-state index contributed by atoms with van der Waals surface area (Å²) >= 11 is 5.86. The third-order valence-corrected chi connectivity index (χ3v) is 3.91. The van der Waals surface area contributed by atoms with Gasteiger partial charge in [-0.2, -0.15) is 5.10 Å². The van der Waals surface area contributed by atoms with E-state index in [0.29, 0.717) is 23.6 Å². The molecule has 1 N–H and O–H groups in total. The average molecular weight is 341 g/mol. The third kappa shape index (κ3) is 4.00. The summed E-state index contributed by atoms with van der Waals surface area (Å²) in [6.07, 6.45) is 6.29. The zero-order chi connectivity index (χ0) is 16.9. The Morgan fingerprint density at radius 3 is 2.58 bits per heavy atom. The van der Waals surface area contributed by atoms with E-state index in [1.165, 1.54) is 0 Å². The summed E-state index contributed by atoms with van der Waals surface area (Å²) in [7, 11) is 0. The molecule has 2 heterocycles. The van der Waals surface area contributed by atoms with Crippen molar-refractivity contribution in [2.24, 2.45) is 0 Å². The molecule has 0 aliphatic rings. The van der Waals surface area contributed by atoms with Crippen molar-refractivity contribution >= 4 is 23.2 Å². The normalized spacial score (nSPS) is 10.6. The molecule has 0 unspecified atom stereocenters. The Bertz CT molecular complexity index is 828. The lowest BCUT2D eigenvalue weighted by molar-refractivity contribution is -0.116. The van der Waals surface area contributed by atoms with Gasteiger partial charge in [0, 0.05) is 23.8 Å². The van der Waals surface area contributed by atoms with Crippen LogP contribution in [0.3, 0.4) is 0 Å². The number of nitrogens with one attached hydrogen (secondary N) is 1. The molecule has 24 heavy (non-hydrogen) atoms. The molecule has 3 aromatic rings. The highest BCUT2D eigenvalue weighted by molar-refractivity contribution is 6.30. The predicted octanol–water partition coefficient (Wildman–Crippen LogP) is 3.80. The largest absolute Gasteiger partial charge is 0.323 e. The molecule has 3 rings (SSSR count). The molecule has 0 saturated carbocycles. The van der Waals surface area contributed by atoms with Crippen LogP contribution in [-0.2, 0) is 11.2 Å². The number of amides is 1. The molecule has 122 valence electrons. The van der Waals surface area contributed by atoms with Gasteiger partial charge < -0.3 is 5.32 Å². The molecule has 1 aromatic carbocycles. The molecule has 0 fully saturated rings. The molecule has 0 saturated heterocycles. The number of halogens is 1. The SMILES string of the molecule is Cc1nn(-c2ccncc2)cc1NC(=O)CCc1ccc(Cl)cc1. The highest BCUT2D eigenvalue weighted by atomic mass is 35.5. The molecule has 5 nitrogen and oxygen atoms in total. The lowest BCUT2D eigenvalue weighted by atomic mass is 10.1. The van der Waals surface area contributed by atoms with Crippen LogP contribution < -0.4 is 5.32 Å². The molecule has 0 bridgehead atoms. The van der Waals surface area contributed by atoms with Crippen molar-refractivity contribution in [1.82, 2.24) is 14.8 Å². The topological polar surface area (TPSA) is 59.8 Å². The van der Waals surface area contributed by atoms with Crippen molar-refractivity contribution in [2.75, 3.05) is 5.32 Å². The molecule has 0 radical (unpaired) electrons. The Labute approximate surface area is 145 Å². The minimum absolute atomic E-state index is 0.0395. The lowest BCUT2D eigenvalue weighted by Gasteiger charge is -2.04. The summed E-state index contributed by atoms with van der Waals surface area (Å²) in [5.41, 5.74) is 3.47. The first kappa shape index (κ1) is 16.2. The first-order valence-corrected chi connectivity index (χ1v) is 8.00. The zero-order valence-electron chi connectivity index (χ0n) is 13.2. The van der Waals surface area contributed by atoms with Crippen LogP contribution in [0.25, 0.3) is 5.69 Å². The fourth-order valence-electron chi connectivity index (χ4n) is 2.33. The van der Waals surface area contributed by atoms with E-state index in [2.05, 4.69) is 15.4 Å². The Morgan fingerprint density at radius 2 is 1.88 bits per heavy atom. The van der Waals surface area contributed by atoms with Crippen LogP contribution in [0.5, 0.6) is 0 Å². The summed E-state index contributed by atoms with van der Waals surface area (Å²) < 4.78 is 1.73. The highest BCUT2D eigenvalue weighted by Crippen LogP contribution is 2.17. The quantitative estimate of drug-likeness (QED) is 0.768. The Morgan fingerprint density at radius 1 is 1.17 bits per heavy atom. The van der Waals surface area contributed by atoms with Crippen LogP contribution in [0.2, 0.25) is 5.02 Å². The average Bonchev–Trinajstić information content (AvgIpc) is 2.96. The molecule has 0 aliphatic carbocycles. The molecular formula is C18H17ClN4O. The summed E-state index contributed by atoms with van der Waals surface area (Å²) in [5.74, 6) is -0.0395. The van der Waals surface area contributed by atoms with E-state index >= 15 is 0 Å². The van der Waals surface area contributed by atoms with Gasteiger partial charge in [0.15, 0.2) is 0 Å². The van der Waals surface area contributed by atoms with Crippen LogP contribution in [-0.4, -0.2) is 20.7 Å². The zero-order valence-corrected chi connectivity index (χ0v) is 14.0. The van der Waals surface area contributed by atoms with Crippen LogP contribution >= 0.6 is 11.6 Å². The van der Waals surface area contributed by atoms with E-state index in [9.17, 15) is 4.79 Å². The molecule has 0 spiro atoms. The number of hydrogen-bond donors (Lipinski definition) is 1. The van der Waals surface area contributed by atoms with Gasteiger partial charge >= 0.3 is 0 Å². The van der Waals surface area contributed by atoms with E-state index < -0.39 is 0 Å². The molecule has 0 aliphatic heterocycles. The number of hydrogen-bond acceptors (Lipinski definition) is 3. The van der Waals surface area contributed by atoms with Crippen LogP contribution in [0.1, 0.15) is 17.7 Å². The van der Waals surface area contributed by atoms with Gasteiger partial charge in [-0.15, -0.1) is 0 Å². The number of rotatable bonds is 5. The Kier molecular flexibility index (Phi) is 4.91. The van der Waals surface area contributed by atoms with Crippen molar-refractivity contribution in [3.8, 4) is 5.69 Å². The Balaban J connectivity index is 1.62. The van der Waals surface area contributed by atoms with Gasteiger partial charge in [-0.1, -0.05) is 23.7 Å². The molecule has 6 heteroatoms. The van der Waals surface area contributed by atoms with Crippen LogP contribution in [0.15, 0.2) is 55.0 Å². The highest BCUT2D eigenvalue weighted by Gasteiger charge is 2.10. The summed E-state index contributed by atoms with van der Waals surface area (Å²) in [6.45, 7) is 1.87. The number of aryl methyl sites for hydroxylation is 2. The number of nitrogens with zero attached hydrogens (tertiary/aromatic N) is 3. The van der Waals surface area contributed by atoms with Gasteiger partial charge in [-0.25, -0.2) is 4.68 Å². The predicted molar refractivity (Wildman–Crippen MR) is 94.5 cm³/mol. The second-order valence-electron chi connectivity index (χ2n) is 5.45. The number of anilines is 1. The maximum atomic E-state index is 12.2. The number of aromatic nitrogens is 3. The summed E-state index contributed by atoms with van der Waals surface area (Å²) in [6, 6.07) is 11.2. The smallest absolute Gasteiger partial charge is 0.224 e. The standard InChI is InChI=1S/C18H17ClN4O/c1-13-17(12-23(22-13)16-8-10-20-11-9-16)21-18(24)7-4-14-2-5-15(19)6-3-14/h2-3,5-6,8-12H,4,7H2,1H3,(H,21,24). The van der Waals surface area contributed by atoms with Gasteiger partial charge in [0.2, 0.25) is 5.91 Å². The van der Waals surface area contributed by atoms with Gasteiger partial charge in [-0.05, 0) is 43.2 Å². The van der Waals surface area contributed by atoms with E-state index in [4.69, 9.17) is 11.6 Å². The molecule has 2 aromatic heterocycles. The summed E-state index contributed by atoms with van der Waals surface area (Å²) in [5, 5.41) is 8.04. The fraction of sp³-hybridized carbons (Fsp3) is 0.167. The number of pyridine rings is 1. The maximum absolute atomic E-state index is 12.2. The van der Waals surface area contributed by atoms with Crippen LogP contribution in [0, 0.1) is 6.92 Å². The molecule has 0 atom stereocenters. The van der Waals surface area contributed by atoms with Gasteiger partial charge in [-0.3, -0.25) is 9.78 Å². The second kappa shape index (κ2) is 7.27. The van der Waals surface area contributed by atoms with Crippen molar-refractivity contribution in [1.29, 1.82) is 0 Å². The number of carbonyl (C=O) groups excluding carboxylic acids is 1. The summed E-state index contributed by atoms with van der Waals surface area (Å²) in [4.78, 5) is 16.2. The van der Waals surface area contributed by atoms with E-state index in [-0.39, 0.29) is 5.91 Å². The molecule has 1 amide bonds. The van der Waals surface area contributed by atoms with E-state index in [0.717, 1.165) is 16.9 Å². The van der Waals surface area contributed by atoms with Gasteiger partial charge in [0.25, 0.3) is 0 Å². The first-order chi connectivity index (χ1) is 11.6. The monoisotopic (exact) mass is 340 g/mol. The first-order valence-electron chi connectivity index (χ1n) is 7.63. The van der Waals surface area contributed by atoms with Gasteiger partial charge in [0.1, 0.15) is 0 Å². The second-order valence-corrected chi connectivity index (χ2v) is 5.89. The van der Waals surface area contributed by atoms with Crippen molar-refractivity contribution < 1.29 is 4.79 Å². The lowest BCUT2D eigenvalue weighted by Crippen LogP contribution is -2.12. The minimum atomic E-state index is -0.0395. The van der Waals surface area contributed by atoms with Crippen molar-refractivity contribution in [2.45, 2.75) is 19.8 Å². The molecular weight excluding hydrogens is 324 g/mol. The maximum Gasteiger partial charge on any atom is 0.224 e. The van der Waals surface area contributed by atoms with Crippen molar-refractivity contribution in [3.05, 3.63) is 71.3 Å². The number of carbonyl (C=O) groups is 1. The number of benzene rings is 1. The Hall–Kier alpha value is -2.66. The van der Waals surface area contributed by atoms with Gasteiger partial charge in [0.05, 0.1) is 23.3 Å².